The smallest absolute Gasteiger partial charge is 0.341 e. The Hall–Kier alpha value is -2.19. The van der Waals surface area contributed by atoms with Crippen LogP contribution in [0.1, 0.15) is 12.5 Å². The molecule has 0 aliphatic heterocycles. The minimum Gasteiger partial charge on any atom is -0.481 e. The van der Waals surface area contributed by atoms with E-state index < -0.39 is 12.6 Å². The monoisotopic (exact) mass is 325 g/mol. The van der Waals surface area contributed by atoms with Crippen molar-refractivity contribution in [3.05, 3.63) is 29.8 Å². The molecule has 1 atom stereocenters. The van der Waals surface area contributed by atoms with E-state index in [9.17, 15) is 4.79 Å². The van der Waals surface area contributed by atoms with Crippen molar-refractivity contribution in [3.8, 4) is 5.75 Å². The third-order valence-electron chi connectivity index (χ3n) is 2.43. The molecule has 7 nitrogen and oxygen atoms in total. The zero-order valence-corrected chi connectivity index (χ0v) is 13.2. The molecule has 0 fully saturated rings. The standard InChI is InChI=1S/C14H19N3O4S/c1-10(8-20-2)16-14(22)17-15-7-11-5-3-4-6-12(11)21-9-13(18)19/h3-7,10H,8-9H2,1-2H3,(H,18,19)(H2,16,17,22)/b15-7-/t10-/m0/s1. The number of hydrogen-bond donors (Lipinski definition) is 3. The summed E-state index contributed by atoms with van der Waals surface area (Å²) in [6, 6.07) is 7.03. The van der Waals surface area contributed by atoms with Gasteiger partial charge in [-0.1, -0.05) is 12.1 Å². The van der Waals surface area contributed by atoms with Gasteiger partial charge in [-0.15, -0.1) is 0 Å². The number of carboxylic acid groups (broad SMARTS) is 1. The highest BCUT2D eigenvalue weighted by atomic mass is 32.1. The van der Waals surface area contributed by atoms with Gasteiger partial charge in [-0.3, -0.25) is 5.43 Å². The van der Waals surface area contributed by atoms with Crippen molar-refractivity contribution < 1.29 is 19.4 Å². The first-order valence-electron chi connectivity index (χ1n) is 6.55. The lowest BCUT2D eigenvalue weighted by molar-refractivity contribution is -0.139. The Morgan fingerprint density at radius 3 is 2.91 bits per heavy atom. The van der Waals surface area contributed by atoms with Crippen molar-refractivity contribution >= 4 is 29.5 Å². The average Bonchev–Trinajstić information content (AvgIpc) is 2.46. The maximum absolute atomic E-state index is 10.5. The van der Waals surface area contributed by atoms with E-state index in [1.54, 1.807) is 31.4 Å². The number of nitrogens with zero attached hydrogens (tertiary/aromatic N) is 1. The largest absolute Gasteiger partial charge is 0.481 e. The molecule has 1 aromatic carbocycles. The summed E-state index contributed by atoms with van der Waals surface area (Å²) < 4.78 is 10.2. The summed E-state index contributed by atoms with van der Waals surface area (Å²) in [6.07, 6.45) is 1.51. The van der Waals surface area contributed by atoms with Crippen molar-refractivity contribution in [3.63, 3.8) is 0 Å². The Balaban J connectivity index is 2.55. The highest BCUT2D eigenvalue weighted by Crippen LogP contribution is 2.15. The first-order valence-corrected chi connectivity index (χ1v) is 6.96. The summed E-state index contributed by atoms with van der Waals surface area (Å²) in [6.45, 7) is 2.04. The third kappa shape index (κ3) is 7.00. The Morgan fingerprint density at radius 1 is 1.50 bits per heavy atom. The van der Waals surface area contributed by atoms with Crippen LogP contribution < -0.4 is 15.5 Å². The number of methoxy groups -OCH3 is 1. The van der Waals surface area contributed by atoms with E-state index >= 15 is 0 Å². The van der Waals surface area contributed by atoms with E-state index in [0.717, 1.165) is 0 Å². The number of hydrogen-bond acceptors (Lipinski definition) is 5. The molecule has 8 heteroatoms. The lowest BCUT2D eigenvalue weighted by Gasteiger charge is -2.13. The van der Waals surface area contributed by atoms with Gasteiger partial charge in [0.1, 0.15) is 5.75 Å². The molecule has 0 unspecified atom stereocenters. The Bertz CT molecular complexity index is 537. The number of thiocarbonyl (C=S) groups is 1. The molecule has 120 valence electrons. The third-order valence-corrected chi connectivity index (χ3v) is 2.64. The molecule has 0 heterocycles. The SMILES string of the molecule is COC[C@H](C)NC(=S)N/N=C\c1ccccc1OCC(=O)O. The number of nitrogens with one attached hydrogen (secondary N) is 2. The lowest BCUT2D eigenvalue weighted by Crippen LogP contribution is -2.40. The molecule has 0 aromatic heterocycles. The van der Waals surface area contributed by atoms with Crippen molar-refractivity contribution in [2.45, 2.75) is 13.0 Å². The van der Waals surface area contributed by atoms with Gasteiger partial charge in [0.05, 0.1) is 12.8 Å². The Kier molecular flexibility index (Phi) is 7.87. The number of carbonyl (C=O) groups is 1. The van der Waals surface area contributed by atoms with E-state index in [2.05, 4.69) is 15.8 Å². The van der Waals surface area contributed by atoms with Crippen LogP contribution >= 0.6 is 12.2 Å². The maximum atomic E-state index is 10.5. The van der Waals surface area contributed by atoms with Gasteiger partial charge < -0.3 is 19.9 Å². The number of ether oxygens (including phenoxy) is 2. The lowest BCUT2D eigenvalue weighted by atomic mass is 10.2. The van der Waals surface area contributed by atoms with Crippen LogP contribution in [0.2, 0.25) is 0 Å². The molecular weight excluding hydrogens is 306 g/mol. The first-order chi connectivity index (χ1) is 10.5. The fourth-order valence-electron chi connectivity index (χ4n) is 1.57. The summed E-state index contributed by atoms with van der Waals surface area (Å²) in [5.74, 6) is -0.607. The predicted octanol–water partition coefficient (Wildman–Crippen LogP) is 0.983. The summed E-state index contributed by atoms with van der Waals surface area (Å²) in [5, 5.41) is 16.0. The van der Waals surface area contributed by atoms with Crippen molar-refractivity contribution in [1.82, 2.24) is 10.7 Å². The molecule has 0 bridgehead atoms. The van der Waals surface area contributed by atoms with Gasteiger partial charge in [0.25, 0.3) is 0 Å². The number of hydrazone groups is 1. The van der Waals surface area contributed by atoms with Crippen molar-refractivity contribution in [1.29, 1.82) is 0 Å². The van der Waals surface area contributed by atoms with Crippen LogP contribution in [0.15, 0.2) is 29.4 Å². The molecule has 22 heavy (non-hydrogen) atoms. The predicted molar refractivity (Wildman–Crippen MR) is 87.4 cm³/mol. The van der Waals surface area contributed by atoms with Crippen LogP contribution in [0.5, 0.6) is 5.75 Å². The normalized spacial score (nSPS) is 11.9. The van der Waals surface area contributed by atoms with Gasteiger partial charge in [-0.2, -0.15) is 5.10 Å². The zero-order valence-electron chi connectivity index (χ0n) is 12.4. The number of para-hydroxylation sites is 1. The summed E-state index contributed by atoms with van der Waals surface area (Å²) >= 11 is 5.08. The molecule has 0 spiro atoms. The van der Waals surface area contributed by atoms with Gasteiger partial charge in [0.15, 0.2) is 11.7 Å². The number of benzene rings is 1. The van der Waals surface area contributed by atoms with Crippen LogP contribution in [-0.4, -0.2) is 48.8 Å². The second-order valence-electron chi connectivity index (χ2n) is 4.42. The second-order valence-corrected chi connectivity index (χ2v) is 4.83. The van der Waals surface area contributed by atoms with Crippen molar-refractivity contribution in [2.24, 2.45) is 5.10 Å². The number of aliphatic carboxylic acids is 1. The zero-order chi connectivity index (χ0) is 16.4. The molecule has 0 amide bonds. The van der Waals surface area contributed by atoms with E-state index in [-0.39, 0.29) is 6.04 Å². The molecule has 3 N–H and O–H groups in total. The Labute approximate surface area is 134 Å². The van der Waals surface area contributed by atoms with Gasteiger partial charge in [0.2, 0.25) is 0 Å². The van der Waals surface area contributed by atoms with Crippen LogP contribution in [0.25, 0.3) is 0 Å². The fraction of sp³-hybridized carbons (Fsp3) is 0.357. The van der Waals surface area contributed by atoms with E-state index in [1.165, 1.54) is 6.21 Å². The van der Waals surface area contributed by atoms with Gasteiger partial charge in [-0.25, -0.2) is 4.79 Å². The Morgan fingerprint density at radius 2 is 2.23 bits per heavy atom. The molecular formula is C14H19N3O4S. The molecule has 0 aliphatic rings. The van der Waals surface area contributed by atoms with Crippen LogP contribution in [-0.2, 0) is 9.53 Å². The molecule has 0 saturated carbocycles. The minimum atomic E-state index is -1.04. The molecule has 0 saturated heterocycles. The van der Waals surface area contributed by atoms with E-state index in [4.69, 9.17) is 26.8 Å². The fourth-order valence-corrected chi connectivity index (χ4v) is 1.82. The average molecular weight is 325 g/mol. The molecule has 0 radical (unpaired) electrons. The van der Waals surface area contributed by atoms with Gasteiger partial charge in [0, 0.05) is 18.7 Å². The highest BCUT2D eigenvalue weighted by Gasteiger charge is 2.04. The maximum Gasteiger partial charge on any atom is 0.341 e. The number of rotatable bonds is 8. The van der Waals surface area contributed by atoms with Crippen LogP contribution in [0, 0.1) is 0 Å². The second kappa shape index (κ2) is 9.69. The van der Waals surface area contributed by atoms with Gasteiger partial charge in [-0.05, 0) is 31.3 Å². The van der Waals surface area contributed by atoms with E-state index in [0.29, 0.717) is 23.0 Å². The van der Waals surface area contributed by atoms with Crippen LogP contribution in [0.4, 0.5) is 0 Å². The van der Waals surface area contributed by atoms with Crippen LogP contribution in [0.3, 0.4) is 0 Å². The minimum absolute atomic E-state index is 0.0615. The van der Waals surface area contributed by atoms with Gasteiger partial charge >= 0.3 is 5.97 Å². The quantitative estimate of drug-likeness (QED) is 0.373. The first kappa shape index (κ1) is 17.9. The van der Waals surface area contributed by atoms with Crippen molar-refractivity contribution in [2.75, 3.05) is 20.3 Å². The topological polar surface area (TPSA) is 92.2 Å². The molecule has 0 aliphatic carbocycles. The summed E-state index contributed by atoms with van der Waals surface area (Å²) in [7, 11) is 1.61. The van der Waals surface area contributed by atoms with E-state index in [1.807, 2.05) is 6.92 Å². The highest BCUT2D eigenvalue weighted by molar-refractivity contribution is 7.80. The summed E-state index contributed by atoms with van der Waals surface area (Å²) in [4.78, 5) is 10.5. The molecule has 1 aromatic rings. The molecule has 1 rings (SSSR count). The summed E-state index contributed by atoms with van der Waals surface area (Å²) in [5.41, 5.74) is 3.32. The number of carboxylic acids is 1.